The van der Waals surface area contributed by atoms with E-state index in [0.717, 1.165) is 11.3 Å². The predicted molar refractivity (Wildman–Crippen MR) is 69.0 cm³/mol. The average Bonchev–Trinajstić information content (AvgIpc) is 2.25. The third kappa shape index (κ3) is 2.91. The molecule has 1 nitrogen and oxygen atoms in total. The highest BCUT2D eigenvalue weighted by atomic mass is 14.7. The van der Waals surface area contributed by atoms with Gasteiger partial charge in [0.2, 0.25) is 0 Å². The molecule has 0 saturated heterocycles. The average molecular weight is 199 g/mol. The topological polar surface area (TPSA) is 12.4 Å². The molecule has 78 valence electrons. The molecule has 0 amide bonds. The van der Waals surface area contributed by atoms with Crippen molar-refractivity contribution < 1.29 is 0 Å². The number of hydrogen-bond acceptors (Lipinski definition) is 1. The summed E-state index contributed by atoms with van der Waals surface area (Å²) in [6.07, 6.45) is 5.20. The van der Waals surface area contributed by atoms with Gasteiger partial charge in [-0.3, -0.25) is 4.99 Å². The van der Waals surface area contributed by atoms with Gasteiger partial charge in [0.05, 0.1) is 5.69 Å². The summed E-state index contributed by atoms with van der Waals surface area (Å²) >= 11 is 0. The molecule has 0 spiro atoms. The number of aliphatic imine (C=N–C) groups is 1. The molecule has 0 fully saturated rings. The molecule has 0 aliphatic carbocycles. The molecule has 0 atom stereocenters. The molecule has 1 rings (SSSR count). The van der Waals surface area contributed by atoms with Crippen LogP contribution in [0.5, 0.6) is 0 Å². The fourth-order valence-corrected chi connectivity index (χ4v) is 1.35. The van der Waals surface area contributed by atoms with E-state index in [2.05, 4.69) is 44.1 Å². The fourth-order valence-electron chi connectivity index (χ4n) is 1.35. The maximum atomic E-state index is 4.28. The van der Waals surface area contributed by atoms with Crippen molar-refractivity contribution in [1.82, 2.24) is 0 Å². The fraction of sp³-hybridized carbons (Fsp3) is 0.214. The van der Waals surface area contributed by atoms with Gasteiger partial charge >= 0.3 is 0 Å². The second-order valence-electron chi connectivity index (χ2n) is 3.69. The zero-order chi connectivity index (χ0) is 11.3. The van der Waals surface area contributed by atoms with Gasteiger partial charge in [-0.15, -0.1) is 0 Å². The SMILES string of the molecule is C=CC=Nc1ccc(C(C)C)cc1C=C. The van der Waals surface area contributed by atoms with Crippen LogP contribution < -0.4 is 0 Å². The molecule has 0 heterocycles. The van der Waals surface area contributed by atoms with Crippen molar-refractivity contribution in [2.24, 2.45) is 4.99 Å². The van der Waals surface area contributed by atoms with Crippen molar-refractivity contribution in [3.8, 4) is 0 Å². The van der Waals surface area contributed by atoms with Crippen molar-refractivity contribution in [1.29, 1.82) is 0 Å². The van der Waals surface area contributed by atoms with Crippen LogP contribution in [0.2, 0.25) is 0 Å². The van der Waals surface area contributed by atoms with E-state index in [1.807, 2.05) is 12.1 Å². The normalized spacial score (nSPS) is 10.9. The van der Waals surface area contributed by atoms with Crippen molar-refractivity contribution in [2.75, 3.05) is 0 Å². The predicted octanol–water partition coefficient (Wildman–Crippen LogP) is 4.34. The van der Waals surface area contributed by atoms with E-state index in [1.54, 1.807) is 12.3 Å². The summed E-state index contributed by atoms with van der Waals surface area (Å²) in [5.41, 5.74) is 3.32. The number of benzene rings is 1. The Kier molecular flexibility index (Phi) is 4.04. The van der Waals surface area contributed by atoms with Crippen LogP contribution in [-0.4, -0.2) is 6.21 Å². The number of rotatable bonds is 4. The number of nitrogens with zero attached hydrogens (tertiary/aromatic N) is 1. The summed E-state index contributed by atoms with van der Waals surface area (Å²) < 4.78 is 0. The lowest BCUT2D eigenvalue weighted by Crippen LogP contribution is -1.87. The first-order valence-electron chi connectivity index (χ1n) is 5.10. The van der Waals surface area contributed by atoms with Crippen LogP contribution in [0.15, 0.2) is 42.4 Å². The van der Waals surface area contributed by atoms with Gasteiger partial charge < -0.3 is 0 Å². The van der Waals surface area contributed by atoms with Crippen LogP contribution >= 0.6 is 0 Å². The van der Waals surface area contributed by atoms with Gasteiger partial charge in [-0.05, 0) is 29.2 Å². The third-order valence-corrected chi connectivity index (χ3v) is 2.26. The molecule has 0 aliphatic heterocycles. The van der Waals surface area contributed by atoms with Crippen molar-refractivity contribution in [3.05, 3.63) is 48.6 Å². The highest BCUT2D eigenvalue weighted by Crippen LogP contribution is 2.25. The minimum Gasteiger partial charge on any atom is -0.256 e. The monoisotopic (exact) mass is 199 g/mol. The summed E-state index contributed by atoms with van der Waals surface area (Å²) in [4.78, 5) is 4.28. The van der Waals surface area contributed by atoms with E-state index in [9.17, 15) is 0 Å². The molecule has 0 N–H and O–H groups in total. The van der Waals surface area contributed by atoms with E-state index in [1.165, 1.54) is 5.56 Å². The Bertz CT molecular complexity index is 386. The second kappa shape index (κ2) is 5.30. The molecule has 1 aromatic rings. The molecule has 15 heavy (non-hydrogen) atoms. The molecule has 0 saturated carbocycles. The Morgan fingerprint density at radius 3 is 2.53 bits per heavy atom. The van der Waals surface area contributed by atoms with Crippen LogP contribution in [0.4, 0.5) is 5.69 Å². The van der Waals surface area contributed by atoms with Gasteiger partial charge in [-0.2, -0.15) is 0 Å². The Balaban J connectivity index is 3.14. The highest BCUT2D eigenvalue weighted by molar-refractivity contribution is 5.76. The van der Waals surface area contributed by atoms with Gasteiger partial charge in [0.15, 0.2) is 0 Å². The smallest absolute Gasteiger partial charge is 0.0701 e. The summed E-state index contributed by atoms with van der Waals surface area (Å²) in [7, 11) is 0. The van der Waals surface area contributed by atoms with E-state index in [4.69, 9.17) is 0 Å². The number of allylic oxidation sites excluding steroid dienone is 1. The van der Waals surface area contributed by atoms with E-state index in [-0.39, 0.29) is 0 Å². The highest BCUT2D eigenvalue weighted by Gasteiger charge is 2.02. The first-order valence-corrected chi connectivity index (χ1v) is 5.10. The maximum absolute atomic E-state index is 4.28. The molecular weight excluding hydrogens is 182 g/mol. The Morgan fingerprint density at radius 2 is 2.00 bits per heavy atom. The molecule has 0 unspecified atom stereocenters. The standard InChI is InChI=1S/C14H17N/c1-5-9-15-14-8-7-13(11(3)4)10-12(14)6-2/h5-11H,1-2H2,3-4H3. The minimum atomic E-state index is 0.529. The summed E-state index contributed by atoms with van der Waals surface area (Å²) in [6.45, 7) is 11.8. The van der Waals surface area contributed by atoms with Crippen LogP contribution in [0.25, 0.3) is 6.08 Å². The third-order valence-electron chi connectivity index (χ3n) is 2.26. The molecule has 0 bridgehead atoms. The van der Waals surface area contributed by atoms with Crippen LogP contribution in [-0.2, 0) is 0 Å². The summed E-state index contributed by atoms with van der Waals surface area (Å²) in [5, 5.41) is 0. The summed E-state index contributed by atoms with van der Waals surface area (Å²) in [5.74, 6) is 0.529. The lowest BCUT2D eigenvalue weighted by Gasteiger charge is -2.08. The Morgan fingerprint density at radius 1 is 1.27 bits per heavy atom. The molecule has 0 aliphatic rings. The number of hydrogen-bond donors (Lipinski definition) is 0. The van der Waals surface area contributed by atoms with E-state index >= 15 is 0 Å². The van der Waals surface area contributed by atoms with Gasteiger partial charge in [-0.1, -0.05) is 45.2 Å². The Hall–Kier alpha value is -1.63. The lowest BCUT2D eigenvalue weighted by molar-refractivity contribution is 0.866. The summed E-state index contributed by atoms with van der Waals surface area (Å²) in [6, 6.07) is 6.26. The minimum absolute atomic E-state index is 0.529. The second-order valence-corrected chi connectivity index (χ2v) is 3.69. The molecule has 0 radical (unpaired) electrons. The van der Waals surface area contributed by atoms with Gasteiger partial charge in [0.1, 0.15) is 0 Å². The van der Waals surface area contributed by atoms with E-state index in [0.29, 0.717) is 5.92 Å². The van der Waals surface area contributed by atoms with E-state index < -0.39 is 0 Å². The Labute approximate surface area is 91.9 Å². The first-order chi connectivity index (χ1) is 7.19. The lowest BCUT2D eigenvalue weighted by atomic mass is 10.00. The molecule has 1 heteroatoms. The van der Waals surface area contributed by atoms with Crippen molar-refractivity contribution >= 4 is 18.0 Å². The van der Waals surface area contributed by atoms with Crippen LogP contribution in [0.1, 0.15) is 30.9 Å². The van der Waals surface area contributed by atoms with Crippen LogP contribution in [0, 0.1) is 0 Å². The largest absolute Gasteiger partial charge is 0.256 e. The van der Waals surface area contributed by atoms with Gasteiger partial charge in [0, 0.05) is 6.21 Å². The van der Waals surface area contributed by atoms with Crippen LogP contribution in [0.3, 0.4) is 0 Å². The van der Waals surface area contributed by atoms with Gasteiger partial charge in [-0.25, -0.2) is 0 Å². The first kappa shape index (κ1) is 11.4. The van der Waals surface area contributed by atoms with Crippen molar-refractivity contribution in [2.45, 2.75) is 19.8 Å². The van der Waals surface area contributed by atoms with Gasteiger partial charge in [0.25, 0.3) is 0 Å². The quantitative estimate of drug-likeness (QED) is 0.639. The maximum Gasteiger partial charge on any atom is 0.0701 e. The zero-order valence-corrected chi connectivity index (χ0v) is 9.40. The molecular formula is C14H17N. The zero-order valence-electron chi connectivity index (χ0n) is 9.40. The van der Waals surface area contributed by atoms with Crippen molar-refractivity contribution in [3.63, 3.8) is 0 Å². The molecule has 1 aromatic carbocycles. The molecule has 0 aromatic heterocycles.